The summed E-state index contributed by atoms with van der Waals surface area (Å²) in [6, 6.07) is 10.3. The maximum atomic E-state index is 12.2. The molecule has 2 aromatic rings. The van der Waals surface area contributed by atoms with Crippen LogP contribution in [0.1, 0.15) is 38.0 Å². The Bertz CT molecular complexity index is 660. The van der Waals surface area contributed by atoms with Crippen LogP contribution in [-0.2, 0) is 11.2 Å². The summed E-state index contributed by atoms with van der Waals surface area (Å²) >= 11 is 0. The van der Waals surface area contributed by atoms with E-state index in [1.54, 1.807) is 6.20 Å². The van der Waals surface area contributed by atoms with Gasteiger partial charge in [0, 0.05) is 24.4 Å². The molecule has 0 atom stereocenters. The number of oxazole rings is 1. The third-order valence-corrected chi connectivity index (χ3v) is 4.77. The van der Waals surface area contributed by atoms with E-state index in [1.165, 1.54) is 25.7 Å². The monoisotopic (exact) mass is 310 g/mol. The molecule has 2 saturated carbocycles. The second-order valence-corrected chi connectivity index (χ2v) is 6.75. The smallest absolute Gasteiger partial charge is 0.220 e. The van der Waals surface area contributed by atoms with Crippen LogP contribution in [0.15, 0.2) is 40.9 Å². The van der Waals surface area contributed by atoms with Gasteiger partial charge < -0.3 is 9.73 Å². The summed E-state index contributed by atoms with van der Waals surface area (Å²) in [5.41, 5.74) is 1.01. The van der Waals surface area contributed by atoms with Gasteiger partial charge in [0.1, 0.15) is 0 Å². The van der Waals surface area contributed by atoms with Crippen molar-refractivity contribution in [3.63, 3.8) is 0 Å². The fourth-order valence-corrected chi connectivity index (χ4v) is 3.17. The Morgan fingerprint density at radius 1 is 1.17 bits per heavy atom. The highest BCUT2D eigenvalue weighted by atomic mass is 16.4. The minimum atomic E-state index is 0.133. The highest BCUT2D eigenvalue weighted by Crippen LogP contribution is 2.44. The van der Waals surface area contributed by atoms with Crippen molar-refractivity contribution < 1.29 is 9.21 Å². The molecule has 4 rings (SSSR count). The summed E-state index contributed by atoms with van der Waals surface area (Å²) in [4.78, 5) is 16.5. The average molecular weight is 310 g/mol. The predicted molar refractivity (Wildman–Crippen MR) is 87.6 cm³/mol. The molecule has 0 bridgehead atoms. The largest absolute Gasteiger partial charge is 0.441 e. The summed E-state index contributed by atoms with van der Waals surface area (Å²) in [6.45, 7) is 0. The zero-order valence-corrected chi connectivity index (χ0v) is 13.2. The van der Waals surface area contributed by atoms with Crippen molar-refractivity contribution in [1.82, 2.24) is 10.3 Å². The van der Waals surface area contributed by atoms with E-state index < -0.39 is 0 Å². The van der Waals surface area contributed by atoms with E-state index in [-0.39, 0.29) is 5.91 Å². The number of rotatable bonds is 7. The second-order valence-electron chi connectivity index (χ2n) is 6.75. The molecule has 4 heteroatoms. The Morgan fingerprint density at radius 3 is 2.52 bits per heavy atom. The predicted octanol–water partition coefficient (Wildman–Crippen LogP) is 3.58. The number of hydrogen-bond acceptors (Lipinski definition) is 3. The van der Waals surface area contributed by atoms with Crippen molar-refractivity contribution in [2.45, 2.75) is 44.6 Å². The van der Waals surface area contributed by atoms with Gasteiger partial charge in [0.05, 0.1) is 6.20 Å². The quantitative estimate of drug-likeness (QED) is 0.850. The third-order valence-electron chi connectivity index (χ3n) is 4.77. The molecule has 0 aliphatic heterocycles. The van der Waals surface area contributed by atoms with Crippen molar-refractivity contribution in [3.8, 4) is 11.3 Å². The number of aryl methyl sites for hydroxylation is 1. The van der Waals surface area contributed by atoms with Crippen molar-refractivity contribution >= 4 is 5.91 Å². The molecule has 120 valence electrons. The first-order chi connectivity index (χ1) is 11.3. The highest BCUT2D eigenvalue weighted by molar-refractivity contribution is 5.76. The number of nitrogens with zero attached hydrogens (tertiary/aromatic N) is 1. The first-order valence-corrected chi connectivity index (χ1v) is 8.59. The average Bonchev–Trinajstić information content (AvgIpc) is 3.50. The van der Waals surface area contributed by atoms with Gasteiger partial charge in [0.15, 0.2) is 11.7 Å². The van der Waals surface area contributed by atoms with Crippen LogP contribution in [0.5, 0.6) is 0 Å². The van der Waals surface area contributed by atoms with Crippen molar-refractivity contribution in [2.75, 3.05) is 0 Å². The lowest BCUT2D eigenvalue weighted by molar-refractivity contribution is -0.122. The maximum absolute atomic E-state index is 12.2. The van der Waals surface area contributed by atoms with E-state index in [0.717, 1.165) is 23.2 Å². The van der Waals surface area contributed by atoms with Crippen LogP contribution in [0.2, 0.25) is 0 Å². The lowest BCUT2D eigenvalue weighted by Crippen LogP contribution is -2.38. The van der Waals surface area contributed by atoms with Gasteiger partial charge in [-0.15, -0.1) is 0 Å². The standard InChI is InChI=1S/C19H22N2O2/c22-17(21-19(14-6-7-14)15-8-9-15)10-11-18-20-12-16(23-18)13-4-2-1-3-5-13/h1-5,12,14-15,19H,6-11H2,(H,21,22). The topological polar surface area (TPSA) is 55.1 Å². The minimum Gasteiger partial charge on any atom is -0.441 e. The summed E-state index contributed by atoms with van der Waals surface area (Å²) in [7, 11) is 0. The molecule has 1 amide bonds. The molecule has 0 unspecified atom stereocenters. The third kappa shape index (κ3) is 3.63. The first-order valence-electron chi connectivity index (χ1n) is 8.59. The Morgan fingerprint density at radius 2 is 1.87 bits per heavy atom. The fourth-order valence-electron chi connectivity index (χ4n) is 3.17. The summed E-state index contributed by atoms with van der Waals surface area (Å²) in [5.74, 6) is 2.99. The molecule has 0 radical (unpaired) electrons. The van der Waals surface area contributed by atoms with Crippen LogP contribution < -0.4 is 5.32 Å². The zero-order valence-electron chi connectivity index (χ0n) is 13.2. The van der Waals surface area contributed by atoms with Crippen LogP contribution in [0.4, 0.5) is 0 Å². The van der Waals surface area contributed by atoms with Gasteiger partial charge in [-0.1, -0.05) is 30.3 Å². The van der Waals surface area contributed by atoms with E-state index in [1.807, 2.05) is 30.3 Å². The van der Waals surface area contributed by atoms with Crippen LogP contribution in [0.25, 0.3) is 11.3 Å². The Balaban J connectivity index is 1.30. The lowest BCUT2D eigenvalue weighted by Gasteiger charge is -2.17. The molecular weight excluding hydrogens is 288 g/mol. The lowest BCUT2D eigenvalue weighted by atomic mass is 10.1. The van der Waals surface area contributed by atoms with Gasteiger partial charge in [-0.2, -0.15) is 0 Å². The molecule has 1 heterocycles. The van der Waals surface area contributed by atoms with E-state index in [4.69, 9.17) is 4.42 Å². The number of hydrogen-bond donors (Lipinski definition) is 1. The number of carbonyl (C=O) groups excluding carboxylic acids is 1. The number of carbonyl (C=O) groups is 1. The molecule has 23 heavy (non-hydrogen) atoms. The Kier molecular flexibility index (Phi) is 3.90. The van der Waals surface area contributed by atoms with E-state index in [0.29, 0.717) is 24.8 Å². The summed E-state index contributed by atoms with van der Waals surface area (Å²) < 4.78 is 5.75. The molecule has 1 aromatic carbocycles. The molecule has 1 N–H and O–H groups in total. The van der Waals surface area contributed by atoms with Gasteiger partial charge in [0.25, 0.3) is 0 Å². The molecule has 1 aromatic heterocycles. The first kappa shape index (κ1) is 14.5. The molecule has 2 aliphatic carbocycles. The summed E-state index contributed by atoms with van der Waals surface area (Å²) in [6.07, 6.45) is 7.86. The highest BCUT2D eigenvalue weighted by Gasteiger charge is 2.42. The van der Waals surface area contributed by atoms with Gasteiger partial charge in [-0.3, -0.25) is 4.79 Å². The number of nitrogens with one attached hydrogen (secondary N) is 1. The van der Waals surface area contributed by atoms with Crippen LogP contribution in [0.3, 0.4) is 0 Å². The minimum absolute atomic E-state index is 0.133. The SMILES string of the molecule is O=C(CCc1ncc(-c2ccccc2)o1)NC(C1CC1)C1CC1. The number of amides is 1. The van der Waals surface area contributed by atoms with Gasteiger partial charge >= 0.3 is 0 Å². The number of aromatic nitrogens is 1. The molecule has 0 saturated heterocycles. The van der Waals surface area contributed by atoms with Crippen LogP contribution in [0, 0.1) is 11.8 Å². The normalized spacial score (nSPS) is 17.4. The van der Waals surface area contributed by atoms with Crippen molar-refractivity contribution in [1.29, 1.82) is 0 Å². The Labute approximate surface area is 136 Å². The Hall–Kier alpha value is -2.10. The number of benzene rings is 1. The second kappa shape index (κ2) is 6.19. The van der Waals surface area contributed by atoms with Crippen LogP contribution >= 0.6 is 0 Å². The van der Waals surface area contributed by atoms with Gasteiger partial charge in [-0.25, -0.2) is 4.98 Å². The van der Waals surface area contributed by atoms with Crippen LogP contribution in [-0.4, -0.2) is 16.9 Å². The van der Waals surface area contributed by atoms with E-state index in [2.05, 4.69) is 10.3 Å². The fraction of sp³-hybridized carbons (Fsp3) is 0.474. The zero-order chi connectivity index (χ0) is 15.6. The van der Waals surface area contributed by atoms with Gasteiger partial charge in [-0.05, 0) is 37.5 Å². The van der Waals surface area contributed by atoms with E-state index >= 15 is 0 Å². The molecule has 0 spiro atoms. The maximum Gasteiger partial charge on any atom is 0.220 e. The molecule has 4 nitrogen and oxygen atoms in total. The van der Waals surface area contributed by atoms with Gasteiger partial charge in [0.2, 0.25) is 5.91 Å². The summed E-state index contributed by atoms with van der Waals surface area (Å²) in [5, 5.41) is 3.24. The molecular formula is C19H22N2O2. The van der Waals surface area contributed by atoms with E-state index in [9.17, 15) is 4.79 Å². The molecule has 2 aliphatic rings. The molecule has 2 fully saturated rings. The van der Waals surface area contributed by atoms with Crippen molar-refractivity contribution in [3.05, 3.63) is 42.4 Å². The van der Waals surface area contributed by atoms with Crippen molar-refractivity contribution in [2.24, 2.45) is 11.8 Å².